The number of amides is 1. The van der Waals surface area contributed by atoms with Gasteiger partial charge in [0.1, 0.15) is 48.8 Å². The number of carbonyl (C=O) groups is 1. The van der Waals surface area contributed by atoms with Gasteiger partial charge in [-0.05, 0) is 122 Å². The van der Waals surface area contributed by atoms with Gasteiger partial charge >= 0.3 is 0 Å². The van der Waals surface area contributed by atoms with Gasteiger partial charge in [-0.3, -0.25) is 4.79 Å². The number of aliphatic hydroxyl groups is 8. The molecule has 2 rings (SSSR count). The molecule has 0 aromatic carbocycles. The average Bonchev–Trinajstić information content (AvgIpc) is 1.24. The number of unbranched alkanes of at least 4 members (excludes halogenated alkanes) is 15. The van der Waals surface area contributed by atoms with E-state index in [4.69, 9.17) is 18.9 Å². The number of allylic oxidation sites excluding steroid dienone is 27. The lowest BCUT2D eigenvalue weighted by Crippen LogP contribution is -2.65. The highest BCUT2D eigenvalue weighted by atomic mass is 16.7. The normalized spacial score (nSPS) is 23.9. The zero-order valence-electron chi connectivity index (χ0n) is 55.8. The predicted octanol–water partition coefficient (Wildman–Crippen LogP) is 14.4. The number of hydrogen-bond acceptors (Lipinski definition) is 13. The van der Waals surface area contributed by atoms with Crippen molar-refractivity contribution >= 4 is 5.91 Å². The molecule has 14 nitrogen and oxygen atoms in total. The molecule has 12 atom stereocenters. The van der Waals surface area contributed by atoms with Crippen LogP contribution >= 0.6 is 0 Å². The summed E-state index contributed by atoms with van der Waals surface area (Å²) in [4.78, 5) is 13.3. The van der Waals surface area contributed by atoms with Crippen molar-refractivity contribution < 1.29 is 64.6 Å². The first-order valence-electron chi connectivity index (χ1n) is 34.9. The Hall–Kier alpha value is -4.65. The van der Waals surface area contributed by atoms with E-state index in [-0.39, 0.29) is 18.9 Å². The van der Waals surface area contributed by atoms with E-state index in [2.05, 4.69) is 177 Å². The number of carbonyl (C=O) groups excluding carboxylic acids is 1. The Morgan fingerprint density at radius 3 is 1.21 bits per heavy atom. The second-order valence-corrected chi connectivity index (χ2v) is 23.6. The molecular weight excluding hydrogens is 1150 g/mol. The third kappa shape index (κ3) is 43.1. The second-order valence-electron chi connectivity index (χ2n) is 23.6. The molecule has 2 aliphatic heterocycles. The molecule has 12 unspecified atom stereocenters. The van der Waals surface area contributed by atoms with Gasteiger partial charge in [0.25, 0.3) is 0 Å². The van der Waals surface area contributed by atoms with Gasteiger partial charge in [-0.25, -0.2) is 0 Å². The second kappa shape index (κ2) is 59.1. The van der Waals surface area contributed by atoms with Crippen LogP contribution < -0.4 is 5.32 Å². The Labute approximate surface area is 549 Å². The van der Waals surface area contributed by atoms with Crippen LogP contribution in [0.5, 0.6) is 0 Å². The number of ether oxygens (including phenoxy) is 4. The lowest BCUT2D eigenvalue weighted by atomic mass is 9.97. The van der Waals surface area contributed by atoms with E-state index in [9.17, 15) is 45.6 Å². The molecule has 1 amide bonds. The molecule has 514 valence electrons. The fourth-order valence-electron chi connectivity index (χ4n) is 10.1. The summed E-state index contributed by atoms with van der Waals surface area (Å²) in [6.07, 6.45) is 75.5. The van der Waals surface area contributed by atoms with Crippen molar-refractivity contribution in [2.45, 2.75) is 286 Å². The number of nitrogens with one attached hydrogen (secondary N) is 1. The topological polar surface area (TPSA) is 228 Å². The molecular formula is C77H123NO13. The zero-order valence-corrected chi connectivity index (χ0v) is 55.8. The van der Waals surface area contributed by atoms with E-state index >= 15 is 0 Å². The smallest absolute Gasteiger partial charge is 0.220 e. The number of hydrogen-bond donors (Lipinski definition) is 9. The van der Waals surface area contributed by atoms with Crippen LogP contribution in [-0.2, 0) is 23.7 Å². The van der Waals surface area contributed by atoms with Gasteiger partial charge in [-0.1, -0.05) is 255 Å². The van der Waals surface area contributed by atoms with Crippen LogP contribution in [0.4, 0.5) is 0 Å². The van der Waals surface area contributed by atoms with E-state index in [1.54, 1.807) is 6.08 Å². The SMILES string of the molecule is CC/C=C\C/C=C\C/C=C\C/C=C\C/C=C\C/C=C\C/C=C\C/C=C\C/C=C\C/C=C\C/C=C\C/C=C\CCCCCCC(=O)NC(COC1OC(CO)C(OC2OC(CO)C(O)C(O)C2O)C(O)C1O)C(O)/C=C/CC/C=C/CCCCCCCCCCCC. The van der Waals surface area contributed by atoms with Crippen molar-refractivity contribution in [3.05, 3.63) is 170 Å². The van der Waals surface area contributed by atoms with E-state index < -0.39 is 86.8 Å². The van der Waals surface area contributed by atoms with E-state index in [0.717, 1.165) is 116 Å². The number of rotatable bonds is 54. The largest absolute Gasteiger partial charge is 0.394 e. The van der Waals surface area contributed by atoms with Gasteiger partial charge in [0.2, 0.25) is 5.91 Å². The summed E-state index contributed by atoms with van der Waals surface area (Å²) < 4.78 is 22.8. The average molecular weight is 1270 g/mol. The van der Waals surface area contributed by atoms with Crippen LogP contribution in [0, 0.1) is 0 Å². The third-order valence-corrected chi connectivity index (χ3v) is 15.6. The van der Waals surface area contributed by atoms with Gasteiger partial charge in [0, 0.05) is 6.42 Å². The van der Waals surface area contributed by atoms with Gasteiger partial charge < -0.3 is 65.1 Å². The first-order chi connectivity index (χ1) is 44.6. The molecule has 0 saturated carbocycles. The Bertz CT molecular complexity index is 2180. The Morgan fingerprint density at radius 2 is 0.769 bits per heavy atom. The van der Waals surface area contributed by atoms with E-state index in [0.29, 0.717) is 12.8 Å². The highest BCUT2D eigenvalue weighted by molar-refractivity contribution is 5.76. The summed E-state index contributed by atoms with van der Waals surface area (Å²) in [5.74, 6) is -0.281. The molecule has 0 aromatic rings. The lowest BCUT2D eigenvalue weighted by molar-refractivity contribution is -0.359. The molecule has 0 aliphatic carbocycles. The maximum atomic E-state index is 13.3. The molecule has 9 N–H and O–H groups in total. The van der Waals surface area contributed by atoms with Crippen LogP contribution in [0.2, 0.25) is 0 Å². The zero-order chi connectivity index (χ0) is 65.9. The fourth-order valence-corrected chi connectivity index (χ4v) is 10.1. The minimum absolute atomic E-state index is 0.232. The highest BCUT2D eigenvalue weighted by Crippen LogP contribution is 2.30. The monoisotopic (exact) mass is 1270 g/mol. The highest BCUT2D eigenvalue weighted by Gasteiger charge is 2.51. The molecule has 0 radical (unpaired) electrons. The Morgan fingerprint density at radius 1 is 0.407 bits per heavy atom. The van der Waals surface area contributed by atoms with Gasteiger partial charge in [-0.2, -0.15) is 0 Å². The van der Waals surface area contributed by atoms with E-state index in [1.165, 1.54) is 64.2 Å². The fraction of sp³-hybridized carbons (Fsp3) is 0.623. The predicted molar refractivity (Wildman–Crippen MR) is 373 cm³/mol. The summed E-state index contributed by atoms with van der Waals surface area (Å²) in [7, 11) is 0. The Kier molecular flexibility index (Phi) is 53.6. The summed E-state index contributed by atoms with van der Waals surface area (Å²) in [5, 5.41) is 87.2. The van der Waals surface area contributed by atoms with Gasteiger partial charge in [-0.15, -0.1) is 0 Å². The van der Waals surface area contributed by atoms with Crippen molar-refractivity contribution in [1.82, 2.24) is 5.32 Å². The van der Waals surface area contributed by atoms with Crippen molar-refractivity contribution in [3.63, 3.8) is 0 Å². The molecule has 0 spiro atoms. The maximum Gasteiger partial charge on any atom is 0.220 e. The maximum absolute atomic E-state index is 13.3. The molecule has 2 saturated heterocycles. The van der Waals surface area contributed by atoms with Crippen LogP contribution in [0.1, 0.15) is 213 Å². The third-order valence-electron chi connectivity index (χ3n) is 15.6. The molecule has 2 aliphatic rings. The van der Waals surface area contributed by atoms with Crippen LogP contribution in [0.15, 0.2) is 170 Å². The van der Waals surface area contributed by atoms with Gasteiger partial charge in [0.05, 0.1) is 32.0 Å². The van der Waals surface area contributed by atoms with E-state index in [1.807, 2.05) is 6.08 Å². The molecule has 2 fully saturated rings. The molecule has 0 bridgehead atoms. The summed E-state index contributed by atoms with van der Waals surface area (Å²) in [5.41, 5.74) is 0. The molecule has 91 heavy (non-hydrogen) atoms. The van der Waals surface area contributed by atoms with Crippen LogP contribution in [0.3, 0.4) is 0 Å². The summed E-state index contributed by atoms with van der Waals surface area (Å²) in [6, 6.07) is -0.958. The molecule has 14 heteroatoms. The van der Waals surface area contributed by atoms with Crippen molar-refractivity contribution in [1.29, 1.82) is 0 Å². The van der Waals surface area contributed by atoms with Crippen molar-refractivity contribution in [2.75, 3.05) is 19.8 Å². The van der Waals surface area contributed by atoms with Crippen molar-refractivity contribution in [2.24, 2.45) is 0 Å². The summed E-state index contributed by atoms with van der Waals surface area (Å²) in [6.45, 7) is 2.63. The number of aliphatic hydroxyl groups excluding tert-OH is 8. The quantitative estimate of drug-likeness (QED) is 0.0204. The molecule has 2 heterocycles. The minimum atomic E-state index is -1.80. The van der Waals surface area contributed by atoms with Crippen molar-refractivity contribution in [3.8, 4) is 0 Å². The minimum Gasteiger partial charge on any atom is -0.394 e. The molecule has 0 aromatic heterocycles. The van der Waals surface area contributed by atoms with Crippen LogP contribution in [-0.4, -0.2) is 140 Å². The standard InChI is InChI=1S/C77H123NO13/c1-3-5-7-9-11-13-15-17-19-21-22-23-24-25-26-27-28-29-30-31-32-33-34-35-36-37-38-39-40-41-42-43-44-45-47-49-51-53-55-57-59-61-69(82)78-65(66(81)60-58-56-54-52-50-48-46-20-18-16-14-12-10-8-6-4-2)64-88-76-74(87)72(85)75(68(63-80)90-76)91-77-73(86)71(84)70(83)67(62-79)89-77/h5,7,11,13,17,19,22-23,25-26,28-29,31-32,34-35,37-38,40-41,43-44,47,49-50,52,58,60,65-68,70-77,79-81,83-87H,3-4,6,8-10,12,14-16,18,20-21,24,27,30,33,36,39,42,45-46,48,51,53-57,59,61-64H2,1-2H3,(H,78,82)/b7-5-,13-11-,19-17-,23-22-,26-25-,29-28-,32-31-,35-34-,38-37-,41-40-,44-43-,49-47-,52-50+,60-58+. The first-order valence-corrected chi connectivity index (χ1v) is 34.9. The van der Waals surface area contributed by atoms with Gasteiger partial charge in [0.15, 0.2) is 12.6 Å². The lowest BCUT2D eigenvalue weighted by Gasteiger charge is -2.46. The first kappa shape index (κ1) is 82.4. The summed E-state index contributed by atoms with van der Waals surface area (Å²) >= 11 is 0. The Balaban J connectivity index is 1.67. The van der Waals surface area contributed by atoms with Crippen LogP contribution in [0.25, 0.3) is 0 Å².